The molecule has 0 atom stereocenters. The summed E-state index contributed by atoms with van der Waals surface area (Å²) in [6.07, 6.45) is -4.43. The van der Waals surface area contributed by atoms with E-state index in [-0.39, 0.29) is 18.1 Å². The molecule has 2 nitrogen and oxygen atoms in total. The molecule has 6 heteroatoms. The maximum absolute atomic E-state index is 12.1. The highest BCUT2D eigenvalue weighted by atomic mass is 35.5. The highest BCUT2D eigenvalue weighted by Crippen LogP contribution is 2.35. The van der Waals surface area contributed by atoms with E-state index < -0.39 is 17.4 Å². The van der Waals surface area contributed by atoms with Crippen LogP contribution in [0.2, 0.25) is 0 Å². The van der Waals surface area contributed by atoms with E-state index in [0.717, 1.165) is 6.07 Å². The lowest BCUT2D eigenvalue weighted by Gasteiger charge is -2.10. The van der Waals surface area contributed by atoms with Gasteiger partial charge in [0.25, 0.3) is 0 Å². The number of nitrogens with two attached hydrogens (primary N) is 2. The topological polar surface area (TPSA) is 52.0 Å². The number of halogens is 4. The van der Waals surface area contributed by atoms with Gasteiger partial charge in [-0.05, 0) is 12.1 Å². The Morgan fingerprint density at radius 2 is 1.62 bits per heavy atom. The third kappa shape index (κ3) is 2.42. The molecule has 0 amide bonds. The van der Waals surface area contributed by atoms with E-state index in [9.17, 15) is 13.2 Å². The van der Waals surface area contributed by atoms with E-state index in [2.05, 4.69) is 0 Å². The Kier molecular flexibility index (Phi) is 3.42. The van der Waals surface area contributed by atoms with E-state index >= 15 is 0 Å². The molecule has 0 aliphatic heterocycles. The van der Waals surface area contributed by atoms with Crippen LogP contribution in [0, 0.1) is 0 Å². The quantitative estimate of drug-likeness (QED) is 0.649. The molecule has 1 rings (SSSR count). The van der Waals surface area contributed by atoms with Crippen LogP contribution in [-0.4, -0.2) is 0 Å². The first-order chi connectivity index (χ1) is 5.43. The molecule has 0 spiro atoms. The van der Waals surface area contributed by atoms with Crippen molar-refractivity contribution in [1.29, 1.82) is 0 Å². The fourth-order valence-corrected chi connectivity index (χ4v) is 0.830. The zero-order valence-electron chi connectivity index (χ0n) is 6.43. The van der Waals surface area contributed by atoms with Gasteiger partial charge in [-0.15, -0.1) is 12.4 Å². The molecule has 0 bridgehead atoms. The number of hydrogen-bond donors (Lipinski definition) is 2. The molecule has 0 fully saturated rings. The van der Waals surface area contributed by atoms with Gasteiger partial charge in [-0.2, -0.15) is 13.2 Å². The second-order valence-corrected chi connectivity index (χ2v) is 2.31. The number of anilines is 2. The van der Waals surface area contributed by atoms with Gasteiger partial charge in [0.1, 0.15) is 0 Å². The predicted octanol–water partition coefficient (Wildman–Crippen LogP) is 2.29. The van der Waals surface area contributed by atoms with Crippen LogP contribution in [0.3, 0.4) is 0 Å². The van der Waals surface area contributed by atoms with Gasteiger partial charge in [0.15, 0.2) is 0 Å². The highest BCUT2D eigenvalue weighted by molar-refractivity contribution is 5.85. The largest absolute Gasteiger partial charge is 0.418 e. The third-order valence-corrected chi connectivity index (χ3v) is 1.45. The van der Waals surface area contributed by atoms with Crippen LogP contribution >= 0.6 is 12.4 Å². The van der Waals surface area contributed by atoms with Gasteiger partial charge in [-0.3, -0.25) is 0 Å². The Bertz CT molecular complexity index is 298. The van der Waals surface area contributed by atoms with Gasteiger partial charge in [0.05, 0.1) is 16.9 Å². The fourth-order valence-electron chi connectivity index (χ4n) is 0.830. The van der Waals surface area contributed by atoms with Gasteiger partial charge in [-0.1, -0.05) is 6.07 Å². The Morgan fingerprint density at radius 3 is 2.00 bits per heavy atom. The monoisotopic (exact) mass is 212 g/mol. The molecule has 74 valence electrons. The van der Waals surface area contributed by atoms with E-state index in [0.29, 0.717) is 0 Å². The summed E-state index contributed by atoms with van der Waals surface area (Å²) in [6.45, 7) is 0. The maximum atomic E-state index is 12.1. The molecule has 0 aliphatic carbocycles. The summed E-state index contributed by atoms with van der Waals surface area (Å²) < 4.78 is 36.3. The van der Waals surface area contributed by atoms with Crippen molar-refractivity contribution in [3.05, 3.63) is 23.8 Å². The van der Waals surface area contributed by atoms with Crippen molar-refractivity contribution in [2.75, 3.05) is 11.5 Å². The fraction of sp³-hybridized carbons (Fsp3) is 0.143. The molecule has 0 heterocycles. The lowest BCUT2D eigenvalue weighted by molar-refractivity contribution is -0.136. The standard InChI is InChI=1S/C7H7F3N2.ClH/c8-7(9,10)4-2-1-3-5(11)6(4)12;/h1-3H,11-12H2;1H. The number of rotatable bonds is 0. The number of benzene rings is 1. The molecular weight excluding hydrogens is 205 g/mol. The van der Waals surface area contributed by atoms with Gasteiger partial charge in [0.2, 0.25) is 0 Å². The smallest absolute Gasteiger partial charge is 0.397 e. The van der Waals surface area contributed by atoms with Crippen molar-refractivity contribution >= 4 is 23.8 Å². The van der Waals surface area contributed by atoms with Crippen molar-refractivity contribution < 1.29 is 13.2 Å². The van der Waals surface area contributed by atoms with Gasteiger partial charge in [-0.25, -0.2) is 0 Å². The van der Waals surface area contributed by atoms with Crippen molar-refractivity contribution in [3.8, 4) is 0 Å². The van der Waals surface area contributed by atoms with E-state index in [1.807, 2.05) is 0 Å². The normalized spacial score (nSPS) is 10.7. The first-order valence-electron chi connectivity index (χ1n) is 3.14. The van der Waals surface area contributed by atoms with E-state index in [1.165, 1.54) is 12.1 Å². The zero-order chi connectivity index (χ0) is 9.35. The zero-order valence-corrected chi connectivity index (χ0v) is 7.25. The molecule has 0 radical (unpaired) electrons. The molecule has 0 unspecified atom stereocenters. The van der Waals surface area contributed by atoms with Crippen LogP contribution < -0.4 is 11.5 Å². The van der Waals surface area contributed by atoms with Crippen molar-refractivity contribution in [3.63, 3.8) is 0 Å². The second-order valence-electron chi connectivity index (χ2n) is 2.31. The molecular formula is C7H8ClF3N2. The van der Waals surface area contributed by atoms with E-state index in [1.54, 1.807) is 0 Å². The minimum atomic E-state index is -4.43. The average Bonchev–Trinajstić information content (AvgIpc) is 1.92. The van der Waals surface area contributed by atoms with Crippen LogP contribution in [0.1, 0.15) is 5.56 Å². The first-order valence-corrected chi connectivity index (χ1v) is 3.14. The number of hydrogen-bond acceptors (Lipinski definition) is 2. The number of para-hydroxylation sites is 1. The Balaban J connectivity index is 0.00000144. The summed E-state index contributed by atoms with van der Waals surface area (Å²) in [5, 5.41) is 0. The molecule has 13 heavy (non-hydrogen) atoms. The minimum Gasteiger partial charge on any atom is -0.397 e. The summed E-state index contributed by atoms with van der Waals surface area (Å²) in [5.74, 6) is 0. The summed E-state index contributed by atoms with van der Waals surface area (Å²) in [5.41, 5.74) is 8.97. The molecule has 1 aromatic rings. The molecule has 4 N–H and O–H groups in total. The molecule has 0 aliphatic rings. The minimum absolute atomic E-state index is 0. The Morgan fingerprint density at radius 1 is 1.08 bits per heavy atom. The van der Waals surface area contributed by atoms with Crippen LogP contribution in [-0.2, 0) is 6.18 Å². The lowest BCUT2D eigenvalue weighted by atomic mass is 10.1. The van der Waals surface area contributed by atoms with Crippen LogP contribution in [0.15, 0.2) is 18.2 Å². The number of alkyl halides is 3. The SMILES string of the molecule is Cl.Nc1cccc(C(F)(F)F)c1N. The van der Waals surface area contributed by atoms with Gasteiger partial charge >= 0.3 is 6.18 Å². The van der Waals surface area contributed by atoms with Crippen molar-refractivity contribution in [1.82, 2.24) is 0 Å². The van der Waals surface area contributed by atoms with Crippen LogP contribution in [0.25, 0.3) is 0 Å². The third-order valence-electron chi connectivity index (χ3n) is 1.45. The van der Waals surface area contributed by atoms with Crippen molar-refractivity contribution in [2.45, 2.75) is 6.18 Å². The van der Waals surface area contributed by atoms with E-state index in [4.69, 9.17) is 11.5 Å². The van der Waals surface area contributed by atoms with Crippen LogP contribution in [0.5, 0.6) is 0 Å². The van der Waals surface area contributed by atoms with Gasteiger partial charge in [0, 0.05) is 0 Å². The summed E-state index contributed by atoms with van der Waals surface area (Å²) >= 11 is 0. The Labute approximate surface area is 79.1 Å². The summed E-state index contributed by atoms with van der Waals surface area (Å²) in [4.78, 5) is 0. The van der Waals surface area contributed by atoms with Crippen LogP contribution in [0.4, 0.5) is 24.5 Å². The maximum Gasteiger partial charge on any atom is 0.418 e. The molecule has 1 aromatic carbocycles. The summed E-state index contributed by atoms with van der Waals surface area (Å²) in [7, 11) is 0. The Hall–Kier alpha value is -1.10. The van der Waals surface area contributed by atoms with Gasteiger partial charge < -0.3 is 11.5 Å². The highest BCUT2D eigenvalue weighted by Gasteiger charge is 2.33. The molecule has 0 saturated carbocycles. The predicted molar refractivity (Wildman–Crippen MR) is 47.5 cm³/mol. The molecule has 0 saturated heterocycles. The van der Waals surface area contributed by atoms with Crippen molar-refractivity contribution in [2.24, 2.45) is 0 Å². The first kappa shape index (κ1) is 11.9. The molecule has 0 aromatic heterocycles. The lowest BCUT2D eigenvalue weighted by Crippen LogP contribution is -2.10. The average molecular weight is 213 g/mol. The second kappa shape index (κ2) is 3.74. The number of nitrogen functional groups attached to an aromatic ring is 2. The summed E-state index contributed by atoms with van der Waals surface area (Å²) in [6, 6.07) is 3.44.